The monoisotopic (exact) mass is 301 g/mol. The zero-order valence-corrected chi connectivity index (χ0v) is 12.4. The summed E-state index contributed by atoms with van der Waals surface area (Å²) in [6, 6.07) is 9.23. The van der Waals surface area contributed by atoms with Crippen LogP contribution in [0.2, 0.25) is 0 Å². The molecule has 0 amide bonds. The van der Waals surface area contributed by atoms with Crippen LogP contribution in [0.3, 0.4) is 0 Å². The molecule has 0 atom stereocenters. The highest BCUT2D eigenvalue weighted by Crippen LogP contribution is 2.30. The smallest absolute Gasteiger partial charge is 0.341 e. The Hall–Kier alpha value is -2.01. The van der Waals surface area contributed by atoms with Gasteiger partial charge in [-0.1, -0.05) is 0 Å². The van der Waals surface area contributed by atoms with Crippen LogP contribution in [0.5, 0.6) is 11.6 Å². The van der Waals surface area contributed by atoms with Crippen LogP contribution in [0.4, 0.5) is 0 Å². The number of nitrogens with zero attached hydrogens (tertiary/aromatic N) is 1. The lowest BCUT2D eigenvalue weighted by atomic mass is 10.1. The molecule has 0 radical (unpaired) electrons. The van der Waals surface area contributed by atoms with Gasteiger partial charge in [0.25, 0.3) is 0 Å². The van der Waals surface area contributed by atoms with E-state index in [0.717, 1.165) is 35.4 Å². The zero-order valence-electron chi connectivity index (χ0n) is 11.6. The van der Waals surface area contributed by atoms with Gasteiger partial charge < -0.3 is 9.84 Å². The first-order valence-corrected chi connectivity index (χ1v) is 7.98. The lowest BCUT2D eigenvalue weighted by Crippen LogP contribution is -2.05. The molecule has 1 aromatic heterocycles. The molecule has 3 rings (SSSR count). The summed E-state index contributed by atoms with van der Waals surface area (Å²) in [5, 5.41) is 9.33. The van der Waals surface area contributed by atoms with Gasteiger partial charge in [0.1, 0.15) is 11.3 Å². The Morgan fingerprint density at radius 1 is 1.29 bits per heavy atom. The van der Waals surface area contributed by atoms with E-state index in [2.05, 4.69) is 4.98 Å². The van der Waals surface area contributed by atoms with Crippen molar-refractivity contribution >= 4 is 17.7 Å². The third-order valence-electron chi connectivity index (χ3n) is 3.52. The summed E-state index contributed by atoms with van der Waals surface area (Å²) >= 11 is 1.64. The lowest BCUT2D eigenvalue weighted by Gasteiger charge is -2.10. The minimum atomic E-state index is -1.01. The van der Waals surface area contributed by atoms with E-state index < -0.39 is 5.97 Å². The van der Waals surface area contributed by atoms with Crippen LogP contribution in [0.1, 0.15) is 28.0 Å². The van der Waals surface area contributed by atoms with Crippen molar-refractivity contribution in [2.24, 2.45) is 0 Å². The summed E-state index contributed by atoms with van der Waals surface area (Å²) < 4.78 is 5.69. The molecule has 0 unspecified atom stereocenters. The predicted octanol–water partition coefficient (Wildman–Crippen LogP) is 3.78. The number of fused-ring (bicyclic) bond motifs is 1. The maximum Gasteiger partial charge on any atom is 0.341 e. The number of aromatic nitrogens is 1. The van der Waals surface area contributed by atoms with Crippen molar-refractivity contribution in [3.63, 3.8) is 0 Å². The number of aromatic carboxylic acids is 1. The number of rotatable bonds is 4. The van der Waals surface area contributed by atoms with Gasteiger partial charge in [-0.2, -0.15) is 0 Å². The highest BCUT2D eigenvalue weighted by Gasteiger charge is 2.21. The fourth-order valence-electron chi connectivity index (χ4n) is 2.44. The SMILES string of the molecule is CSc1ccc(Oc2nc3c(cc2C(=O)O)CCC3)cc1. The summed E-state index contributed by atoms with van der Waals surface area (Å²) in [5.74, 6) is -0.228. The summed E-state index contributed by atoms with van der Waals surface area (Å²) in [4.78, 5) is 16.9. The number of hydrogen-bond acceptors (Lipinski definition) is 4. The first-order chi connectivity index (χ1) is 10.2. The van der Waals surface area contributed by atoms with Gasteiger partial charge in [-0.15, -0.1) is 11.8 Å². The molecule has 1 aliphatic rings. The summed E-state index contributed by atoms with van der Waals surface area (Å²) in [5.41, 5.74) is 2.11. The van der Waals surface area contributed by atoms with Gasteiger partial charge in [0, 0.05) is 10.6 Å². The lowest BCUT2D eigenvalue weighted by molar-refractivity contribution is 0.0693. The van der Waals surface area contributed by atoms with E-state index in [1.54, 1.807) is 17.8 Å². The van der Waals surface area contributed by atoms with Crippen LogP contribution in [-0.4, -0.2) is 22.3 Å². The number of ether oxygens (including phenoxy) is 1. The van der Waals surface area contributed by atoms with Crippen LogP contribution in [0, 0.1) is 0 Å². The number of carboxylic acids is 1. The first-order valence-electron chi connectivity index (χ1n) is 6.75. The van der Waals surface area contributed by atoms with Gasteiger partial charge >= 0.3 is 5.97 Å². The number of aryl methyl sites for hydroxylation is 2. The Morgan fingerprint density at radius 3 is 2.71 bits per heavy atom. The summed E-state index contributed by atoms with van der Waals surface area (Å²) in [7, 11) is 0. The zero-order chi connectivity index (χ0) is 14.8. The van der Waals surface area contributed by atoms with Crippen molar-refractivity contribution in [3.05, 3.63) is 47.2 Å². The average Bonchev–Trinajstić information content (AvgIpc) is 2.94. The fourth-order valence-corrected chi connectivity index (χ4v) is 2.85. The Labute approximate surface area is 127 Å². The molecule has 0 saturated heterocycles. The van der Waals surface area contributed by atoms with Crippen molar-refractivity contribution in [2.75, 3.05) is 6.26 Å². The van der Waals surface area contributed by atoms with Crippen molar-refractivity contribution in [2.45, 2.75) is 24.2 Å². The van der Waals surface area contributed by atoms with Gasteiger partial charge in [0.05, 0.1) is 0 Å². The minimum absolute atomic E-state index is 0.129. The molecule has 0 bridgehead atoms. The van der Waals surface area contributed by atoms with Gasteiger partial charge in [0.15, 0.2) is 0 Å². The van der Waals surface area contributed by atoms with E-state index in [-0.39, 0.29) is 11.4 Å². The molecule has 0 saturated carbocycles. The van der Waals surface area contributed by atoms with E-state index in [4.69, 9.17) is 4.74 Å². The molecule has 2 aromatic rings. The van der Waals surface area contributed by atoms with E-state index >= 15 is 0 Å². The second kappa shape index (κ2) is 5.77. The van der Waals surface area contributed by atoms with E-state index in [1.807, 2.05) is 30.5 Å². The Bertz CT molecular complexity index is 683. The molecule has 5 heteroatoms. The van der Waals surface area contributed by atoms with Crippen molar-refractivity contribution in [1.29, 1.82) is 0 Å². The molecule has 0 spiro atoms. The third kappa shape index (κ3) is 2.88. The van der Waals surface area contributed by atoms with Crippen LogP contribution in [0.15, 0.2) is 35.2 Å². The van der Waals surface area contributed by atoms with Crippen LogP contribution < -0.4 is 4.74 Å². The van der Waals surface area contributed by atoms with E-state index in [1.165, 1.54) is 0 Å². The summed E-state index contributed by atoms with van der Waals surface area (Å²) in [6.45, 7) is 0. The molecule has 1 heterocycles. The standard InChI is InChI=1S/C16H15NO3S/c1-21-12-7-5-11(6-8-12)20-15-13(16(18)19)9-10-3-2-4-14(10)17-15/h5-9H,2-4H2,1H3,(H,18,19). The quantitative estimate of drug-likeness (QED) is 0.871. The maximum atomic E-state index is 11.4. The van der Waals surface area contributed by atoms with Gasteiger partial charge in [-0.3, -0.25) is 0 Å². The van der Waals surface area contributed by atoms with Crippen LogP contribution in [0.25, 0.3) is 0 Å². The van der Waals surface area contributed by atoms with E-state index in [9.17, 15) is 9.90 Å². The Kier molecular flexibility index (Phi) is 3.84. The molecule has 0 aliphatic heterocycles. The van der Waals surface area contributed by atoms with Crippen LogP contribution in [-0.2, 0) is 12.8 Å². The van der Waals surface area contributed by atoms with Gasteiger partial charge in [-0.25, -0.2) is 9.78 Å². The predicted molar refractivity (Wildman–Crippen MR) is 81.5 cm³/mol. The molecule has 1 N–H and O–H groups in total. The molecule has 21 heavy (non-hydrogen) atoms. The number of carboxylic acid groups (broad SMARTS) is 1. The fraction of sp³-hybridized carbons (Fsp3) is 0.250. The number of benzene rings is 1. The normalized spacial score (nSPS) is 13.0. The highest BCUT2D eigenvalue weighted by molar-refractivity contribution is 7.98. The van der Waals surface area contributed by atoms with Crippen LogP contribution >= 0.6 is 11.8 Å². The molecular weight excluding hydrogens is 286 g/mol. The number of hydrogen-bond donors (Lipinski definition) is 1. The van der Waals surface area contributed by atoms with Crippen molar-refractivity contribution in [1.82, 2.24) is 4.98 Å². The second-order valence-electron chi connectivity index (χ2n) is 4.88. The number of pyridine rings is 1. The van der Waals surface area contributed by atoms with Crippen molar-refractivity contribution < 1.29 is 14.6 Å². The maximum absolute atomic E-state index is 11.4. The Balaban J connectivity index is 1.94. The topological polar surface area (TPSA) is 59.4 Å². The average molecular weight is 301 g/mol. The molecule has 1 aromatic carbocycles. The van der Waals surface area contributed by atoms with Crippen molar-refractivity contribution in [3.8, 4) is 11.6 Å². The number of thioether (sulfide) groups is 1. The third-order valence-corrected chi connectivity index (χ3v) is 4.26. The first kappa shape index (κ1) is 13.9. The summed E-state index contributed by atoms with van der Waals surface area (Å²) in [6.07, 6.45) is 4.80. The second-order valence-corrected chi connectivity index (χ2v) is 5.76. The van der Waals surface area contributed by atoms with Gasteiger partial charge in [0.2, 0.25) is 5.88 Å². The largest absolute Gasteiger partial charge is 0.477 e. The van der Waals surface area contributed by atoms with Gasteiger partial charge in [-0.05, 0) is 61.4 Å². The highest BCUT2D eigenvalue weighted by atomic mass is 32.2. The molecule has 0 fully saturated rings. The molecule has 1 aliphatic carbocycles. The minimum Gasteiger partial charge on any atom is -0.477 e. The Morgan fingerprint density at radius 2 is 2.05 bits per heavy atom. The van der Waals surface area contributed by atoms with E-state index in [0.29, 0.717) is 5.75 Å². The molecule has 4 nitrogen and oxygen atoms in total. The molecular formula is C16H15NO3S. The molecule has 108 valence electrons. The number of carbonyl (C=O) groups is 1.